The van der Waals surface area contributed by atoms with Gasteiger partial charge in [0.05, 0.1) is 6.04 Å². The Morgan fingerprint density at radius 3 is 2.85 bits per heavy atom. The van der Waals surface area contributed by atoms with Gasteiger partial charge >= 0.3 is 0 Å². The summed E-state index contributed by atoms with van der Waals surface area (Å²) in [5.74, 6) is 0. The summed E-state index contributed by atoms with van der Waals surface area (Å²) in [7, 11) is 0. The number of benzene rings is 2. The quantitative estimate of drug-likeness (QED) is 0.823. The number of nitrogens with one attached hydrogen (secondary N) is 1. The summed E-state index contributed by atoms with van der Waals surface area (Å²) in [6.45, 7) is 0. The predicted octanol–water partition coefficient (Wildman–Crippen LogP) is 4.64. The Balaban J connectivity index is 1.67. The van der Waals surface area contributed by atoms with Crippen molar-refractivity contribution in [2.24, 2.45) is 4.99 Å². The summed E-state index contributed by atoms with van der Waals surface area (Å²) < 4.78 is 0. The molecule has 4 rings (SSSR count). The minimum Gasteiger partial charge on any atom is -0.334 e. The second-order valence-corrected chi connectivity index (χ2v) is 6.32. The van der Waals surface area contributed by atoms with E-state index in [0.29, 0.717) is 6.04 Å². The van der Waals surface area contributed by atoms with Crippen molar-refractivity contribution < 1.29 is 0 Å². The zero-order valence-corrected chi connectivity index (χ0v) is 12.0. The van der Waals surface area contributed by atoms with Gasteiger partial charge in [-0.3, -0.25) is 4.99 Å². The van der Waals surface area contributed by atoms with E-state index in [1.54, 1.807) is 11.8 Å². The van der Waals surface area contributed by atoms with E-state index in [2.05, 4.69) is 47.8 Å². The zero-order valence-electron chi connectivity index (χ0n) is 11.2. The van der Waals surface area contributed by atoms with Crippen molar-refractivity contribution in [3.63, 3.8) is 0 Å². The highest BCUT2D eigenvalue weighted by atomic mass is 32.2. The largest absolute Gasteiger partial charge is 0.334 e. The first-order valence-electron chi connectivity index (χ1n) is 7.10. The lowest BCUT2D eigenvalue weighted by molar-refractivity contribution is 0.572. The topological polar surface area (TPSA) is 24.4 Å². The van der Waals surface area contributed by atoms with E-state index in [4.69, 9.17) is 4.99 Å². The van der Waals surface area contributed by atoms with E-state index in [1.807, 2.05) is 6.07 Å². The molecule has 1 atom stereocenters. The molecule has 0 aromatic heterocycles. The van der Waals surface area contributed by atoms with Crippen molar-refractivity contribution in [2.45, 2.75) is 30.2 Å². The van der Waals surface area contributed by atoms with Crippen LogP contribution in [-0.2, 0) is 6.42 Å². The average Bonchev–Trinajstić information content (AvgIpc) is 2.49. The van der Waals surface area contributed by atoms with E-state index in [9.17, 15) is 0 Å². The summed E-state index contributed by atoms with van der Waals surface area (Å²) in [4.78, 5) is 6.15. The zero-order chi connectivity index (χ0) is 13.4. The van der Waals surface area contributed by atoms with Gasteiger partial charge in [-0.25, -0.2) is 0 Å². The van der Waals surface area contributed by atoms with Gasteiger partial charge in [0.15, 0.2) is 5.17 Å². The third kappa shape index (κ3) is 2.12. The van der Waals surface area contributed by atoms with Gasteiger partial charge in [0.25, 0.3) is 0 Å². The second-order valence-electron chi connectivity index (χ2n) is 5.26. The molecule has 1 unspecified atom stereocenters. The summed E-state index contributed by atoms with van der Waals surface area (Å²) in [5.41, 5.74) is 4.15. The predicted molar refractivity (Wildman–Crippen MR) is 85.5 cm³/mol. The Morgan fingerprint density at radius 1 is 1.05 bits per heavy atom. The Labute approximate surface area is 123 Å². The molecular formula is C17H16N2S. The lowest BCUT2D eigenvalue weighted by Gasteiger charge is -2.30. The maximum atomic E-state index is 4.92. The van der Waals surface area contributed by atoms with Gasteiger partial charge in [-0.1, -0.05) is 42.1 Å². The van der Waals surface area contributed by atoms with Crippen molar-refractivity contribution >= 4 is 22.6 Å². The molecule has 2 aromatic rings. The number of rotatable bonds is 1. The minimum atomic E-state index is 0.349. The first-order valence-corrected chi connectivity index (χ1v) is 7.91. The molecule has 0 saturated carbocycles. The van der Waals surface area contributed by atoms with E-state index in [-0.39, 0.29) is 0 Å². The van der Waals surface area contributed by atoms with Crippen LogP contribution in [0.25, 0.3) is 0 Å². The average molecular weight is 280 g/mol. The van der Waals surface area contributed by atoms with Crippen molar-refractivity contribution in [1.29, 1.82) is 0 Å². The van der Waals surface area contributed by atoms with Crippen LogP contribution >= 0.6 is 11.8 Å². The van der Waals surface area contributed by atoms with Gasteiger partial charge in [-0.2, -0.15) is 0 Å². The molecule has 3 heteroatoms. The third-order valence-corrected chi connectivity index (χ3v) is 4.83. The molecule has 0 spiro atoms. The molecule has 1 aliphatic carbocycles. The molecule has 2 nitrogen and oxygen atoms in total. The highest BCUT2D eigenvalue weighted by molar-refractivity contribution is 8.14. The number of nitrogens with zero attached hydrogens (tertiary/aromatic N) is 1. The maximum Gasteiger partial charge on any atom is 0.166 e. The molecular weight excluding hydrogens is 264 g/mol. The highest BCUT2D eigenvalue weighted by Gasteiger charge is 2.27. The molecule has 2 aliphatic rings. The molecule has 1 N–H and O–H groups in total. The van der Waals surface area contributed by atoms with E-state index < -0.39 is 0 Å². The van der Waals surface area contributed by atoms with Crippen molar-refractivity contribution in [3.05, 3.63) is 59.7 Å². The Kier molecular flexibility index (Phi) is 3.00. The molecule has 1 heterocycles. The fraction of sp³-hybridized carbons (Fsp3) is 0.235. The van der Waals surface area contributed by atoms with Gasteiger partial charge in [-0.15, -0.1) is 0 Å². The van der Waals surface area contributed by atoms with Crippen LogP contribution in [0.1, 0.15) is 30.0 Å². The maximum absolute atomic E-state index is 4.92. The van der Waals surface area contributed by atoms with Crippen LogP contribution in [0.15, 0.2) is 58.4 Å². The number of hydrogen-bond donors (Lipinski definition) is 1. The van der Waals surface area contributed by atoms with Crippen LogP contribution in [-0.4, -0.2) is 5.17 Å². The molecule has 0 amide bonds. The van der Waals surface area contributed by atoms with Crippen LogP contribution in [0.2, 0.25) is 0 Å². The molecule has 0 radical (unpaired) electrons. The highest BCUT2D eigenvalue weighted by Crippen LogP contribution is 2.41. The van der Waals surface area contributed by atoms with Gasteiger partial charge in [-0.05, 0) is 43.0 Å². The van der Waals surface area contributed by atoms with Gasteiger partial charge < -0.3 is 5.32 Å². The first kappa shape index (κ1) is 12.0. The smallest absolute Gasteiger partial charge is 0.166 e. The summed E-state index contributed by atoms with van der Waals surface area (Å²) >= 11 is 1.72. The Morgan fingerprint density at radius 2 is 1.95 bits per heavy atom. The molecule has 0 saturated heterocycles. The summed E-state index contributed by atoms with van der Waals surface area (Å²) in [6.07, 6.45) is 3.61. The Bertz CT molecular complexity index is 664. The van der Waals surface area contributed by atoms with Crippen molar-refractivity contribution in [2.75, 3.05) is 5.32 Å². The summed E-state index contributed by atoms with van der Waals surface area (Å²) in [6, 6.07) is 17.4. The second kappa shape index (κ2) is 4.98. The SMILES string of the molecule is c1ccc(SC2=NC3CCCc4cccc(c43)N2)cc1. The van der Waals surface area contributed by atoms with Crippen LogP contribution in [0, 0.1) is 0 Å². The number of aryl methyl sites for hydroxylation is 1. The Hall–Kier alpha value is -1.74. The molecule has 0 bridgehead atoms. The number of anilines is 1. The van der Waals surface area contributed by atoms with Crippen LogP contribution in [0.4, 0.5) is 5.69 Å². The van der Waals surface area contributed by atoms with E-state index in [1.165, 1.54) is 41.0 Å². The fourth-order valence-electron chi connectivity index (χ4n) is 3.03. The number of aliphatic imine (C=N–C) groups is 1. The number of thioether (sulfide) groups is 1. The fourth-order valence-corrected chi connectivity index (χ4v) is 3.89. The van der Waals surface area contributed by atoms with Crippen molar-refractivity contribution in [3.8, 4) is 0 Å². The third-order valence-electron chi connectivity index (χ3n) is 3.93. The molecule has 20 heavy (non-hydrogen) atoms. The van der Waals surface area contributed by atoms with Crippen LogP contribution in [0.3, 0.4) is 0 Å². The molecule has 100 valence electrons. The van der Waals surface area contributed by atoms with Gasteiger partial charge in [0.2, 0.25) is 0 Å². The summed E-state index contributed by atoms with van der Waals surface area (Å²) in [5, 5.41) is 4.52. The normalized spacial score (nSPS) is 19.8. The standard InChI is InChI=1S/C17H16N2S/c1-2-8-13(9-3-1)20-17-18-14-10-4-6-12-7-5-11-15(19-17)16(12)14/h1-4,6,8-10,15H,5,7,11H2,(H,18,19). The number of amidine groups is 1. The molecule has 2 aromatic carbocycles. The van der Waals surface area contributed by atoms with E-state index in [0.717, 1.165) is 5.17 Å². The minimum absolute atomic E-state index is 0.349. The van der Waals surface area contributed by atoms with Crippen LogP contribution < -0.4 is 5.32 Å². The molecule has 0 fully saturated rings. The lowest BCUT2D eigenvalue weighted by atomic mass is 9.86. The monoisotopic (exact) mass is 280 g/mol. The van der Waals surface area contributed by atoms with Gasteiger partial charge in [0.1, 0.15) is 0 Å². The lowest BCUT2D eigenvalue weighted by Crippen LogP contribution is -2.21. The number of hydrogen-bond acceptors (Lipinski definition) is 3. The van der Waals surface area contributed by atoms with Crippen molar-refractivity contribution in [1.82, 2.24) is 0 Å². The van der Waals surface area contributed by atoms with Crippen LogP contribution in [0.5, 0.6) is 0 Å². The molecule has 1 aliphatic heterocycles. The first-order chi connectivity index (χ1) is 9.90. The van der Waals surface area contributed by atoms with Gasteiger partial charge in [0, 0.05) is 16.1 Å². The van der Waals surface area contributed by atoms with E-state index >= 15 is 0 Å².